The van der Waals surface area contributed by atoms with Gasteiger partial charge in [-0.2, -0.15) is 5.10 Å². The Labute approximate surface area is 146 Å². The van der Waals surface area contributed by atoms with E-state index in [4.69, 9.17) is 9.84 Å². The quantitative estimate of drug-likeness (QED) is 0.837. The highest BCUT2D eigenvalue weighted by Gasteiger charge is 2.30. The molecule has 1 aliphatic carbocycles. The van der Waals surface area contributed by atoms with Crippen molar-refractivity contribution in [1.82, 2.24) is 14.7 Å². The number of aromatic nitrogens is 2. The van der Waals surface area contributed by atoms with Crippen molar-refractivity contribution in [2.24, 2.45) is 5.92 Å². The number of nitrogens with zero attached hydrogens (tertiary/aromatic N) is 3. The van der Waals surface area contributed by atoms with Crippen molar-refractivity contribution in [3.8, 4) is 0 Å². The zero-order valence-corrected chi connectivity index (χ0v) is 15.1. The zero-order valence-electron chi connectivity index (χ0n) is 14.2. The highest BCUT2D eigenvalue weighted by atomic mass is 32.1. The van der Waals surface area contributed by atoms with Gasteiger partial charge in [0.15, 0.2) is 0 Å². The largest absolute Gasteiger partial charge is 0.378 e. The highest BCUT2D eigenvalue weighted by molar-refractivity contribution is 7.13. The van der Waals surface area contributed by atoms with E-state index in [1.807, 2.05) is 24.0 Å². The van der Waals surface area contributed by atoms with Crippen LogP contribution in [0.2, 0.25) is 0 Å². The van der Waals surface area contributed by atoms with E-state index in [1.54, 1.807) is 18.4 Å². The minimum atomic E-state index is 0.136. The summed E-state index contributed by atoms with van der Waals surface area (Å²) in [5.41, 5.74) is 3.50. The molecule has 1 fully saturated rings. The maximum absolute atomic E-state index is 12.8. The average Bonchev–Trinajstić information content (AvgIpc) is 3.20. The minimum absolute atomic E-state index is 0.136. The van der Waals surface area contributed by atoms with Crippen LogP contribution in [0.4, 0.5) is 0 Å². The molecular weight excluding hydrogens is 322 g/mol. The molecule has 1 aliphatic heterocycles. The molecule has 2 aromatic rings. The number of fused-ring (bicyclic) bond motifs is 1. The summed E-state index contributed by atoms with van der Waals surface area (Å²) in [5.74, 6) is 0.926. The Bertz CT molecular complexity index is 760. The minimum Gasteiger partial charge on any atom is -0.378 e. The van der Waals surface area contributed by atoms with Crippen molar-refractivity contribution in [2.45, 2.75) is 45.9 Å². The van der Waals surface area contributed by atoms with Gasteiger partial charge in [0, 0.05) is 49.3 Å². The van der Waals surface area contributed by atoms with E-state index in [0.29, 0.717) is 13.2 Å². The molecular formula is C18H23N3O2S. The fourth-order valence-electron chi connectivity index (χ4n) is 3.39. The molecule has 6 heteroatoms. The molecule has 24 heavy (non-hydrogen) atoms. The van der Waals surface area contributed by atoms with Crippen molar-refractivity contribution >= 4 is 17.2 Å². The predicted molar refractivity (Wildman–Crippen MR) is 93.2 cm³/mol. The highest BCUT2D eigenvalue weighted by Crippen LogP contribution is 2.33. The van der Waals surface area contributed by atoms with Crippen molar-refractivity contribution in [3.05, 3.63) is 38.8 Å². The van der Waals surface area contributed by atoms with Gasteiger partial charge in [0.05, 0.1) is 17.2 Å². The first-order valence-corrected chi connectivity index (χ1v) is 9.39. The normalized spacial score (nSPS) is 17.2. The van der Waals surface area contributed by atoms with Crippen LogP contribution in [0.3, 0.4) is 0 Å². The topological polar surface area (TPSA) is 47.4 Å². The molecule has 5 nitrogen and oxygen atoms in total. The van der Waals surface area contributed by atoms with Crippen LogP contribution < -0.4 is 0 Å². The third-order valence-corrected chi connectivity index (χ3v) is 5.85. The van der Waals surface area contributed by atoms with Gasteiger partial charge in [0.25, 0.3) is 5.91 Å². The maximum atomic E-state index is 12.8. The first-order chi connectivity index (χ1) is 11.7. The average molecular weight is 345 g/mol. The molecule has 0 bridgehead atoms. The lowest BCUT2D eigenvalue weighted by Crippen LogP contribution is -2.36. The number of aryl methyl sites for hydroxylation is 1. The first-order valence-electron chi connectivity index (χ1n) is 8.57. The number of methoxy groups -OCH3 is 1. The van der Waals surface area contributed by atoms with Crippen LogP contribution in [0.1, 0.15) is 44.3 Å². The van der Waals surface area contributed by atoms with Gasteiger partial charge < -0.3 is 9.64 Å². The van der Waals surface area contributed by atoms with Crippen LogP contribution in [0.25, 0.3) is 0 Å². The van der Waals surface area contributed by atoms with Crippen LogP contribution >= 0.6 is 11.3 Å². The van der Waals surface area contributed by atoms with Gasteiger partial charge in [-0.25, -0.2) is 0 Å². The second-order valence-corrected chi connectivity index (χ2v) is 8.11. The summed E-state index contributed by atoms with van der Waals surface area (Å²) in [7, 11) is 1.70. The van der Waals surface area contributed by atoms with E-state index in [9.17, 15) is 4.79 Å². The maximum Gasteiger partial charge on any atom is 0.264 e. The smallest absolute Gasteiger partial charge is 0.264 e. The van der Waals surface area contributed by atoms with Crippen LogP contribution in [0.5, 0.6) is 0 Å². The van der Waals surface area contributed by atoms with Crippen LogP contribution in [-0.2, 0) is 30.9 Å². The lowest BCUT2D eigenvalue weighted by Gasteiger charge is -2.27. The number of amides is 1. The lowest BCUT2D eigenvalue weighted by molar-refractivity contribution is 0.0736. The molecule has 128 valence electrons. The van der Waals surface area contributed by atoms with Crippen molar-refractivity contribution in [1.29, 1.82) is 0 Å². The summed E-state index contributed by atoms with van der Waals surface area (Å²) < 4.78 is 7.51. The number of rotatable bonds is 5. The SMILES string of the molecule is COCc1nn(CC2CC2)c2c1CN(C(=O)c1ccc(C)s1)CC2. The third-order valence-electron chi connectivity index (χ3n) is 4.86. The predicted octanol–water partition coefficient (Wildman–Crippen LogP) is 3.01. The molecule has 0 spiro atoms. The van der Waals surface area contributed by atoms with Crippen LogP contribution in [0.15, 0.2) is 12.1 Å². The summed E-state index contributed by atoms with van der Waals surface area (Å²) in [6, 6.07) is 3.95. The molecule has 0 atom stereocenters. The Morgan fingerprint density at radius 3 is 2.92 bits per heavy atom. The molecule has 0 radical (unpaired) electrons. The molecule has 3 heterocycles. The Morgan fingerprint density at radius 2 is 2.25 bits per heavy atom. The third kappa shape index (κ3) is 3.00. The lowest BCUT2D eigenvalue weighted by atomic mass is 10.0. The number of carbonyl (C=O) groups is 1. The molecule has 2 aliphatic rings. The van der Waals surface area contributed by atoms with E-state index in [-0.39, 0.29) is 5.91 Å². The Kier molecular flexibility index (Phi) is 4.18. The fraction of sp³-hybridized carbons (Fsp3) is 0.556. The summed E-state index contributed by atoms with van der Waals surface area (Å²) in [5, 5.41) is 4.79. The van der Waals surface area contributed by atoms with Gasteiger partial charge in [-0.3, -0.25) is 9.48 Å². The van der Waals surface area contributed by atoms with Crippen LogP contribution in [-0.4, -0.2) is 34.2 Å². The fourth-order valence-corrected chi connectivity index (χ4v) is 4.22. The van der Waals surface area contributed by atoms with Gasteiger partial charge in [-0.1, -0.05) is 0 Å². The number of hydrogen-bond donors (Lipinski definition) is 0. The van der Waals surface area contributed by atoms with Crippen molar-refractivity contribution in [3.63, 3.8) is 0 Å². The van der Waals surface area contributed by atoms with Gasteiger partial charge >= 0.3 is 0 Å². The van der Waals surface area contributed by atoms with Gasteiger partial charge in [0.1, 0.15) is 0 Å². The van der Waals surface area contributed by atoms with E-state index >= 15 is 0 Å². The molecule has 0 aromatic carbocycles. The van der Waals surface area contributed by atoms with E-state index in [0.717, 1.165) is 36.0 Å². The Morgan fingerprint density at radius 1 is 1.42 bits per heavy atom. The Hall–Kier alpha value is -1.66. The molecule has 0 saturated heterocycles. The molecule has 0 N–H and O–H groups in total. The van der Waals surface area contributed by atoms with Gasteiger partial charge in [0.2, 0.25) is 0 Å². The molecule has 1 amide bonds. The van der Waals surface area contributed by atoms with Crippen molar-refractivity contribution < 1.29 is 9.53 Å². The summed E-state index contributed by atoms with van der Waals surface area (Å²) >= 11 is 1.57. The number of ether oxygens (including phenoxy) is 1. The second kappa shape index (κ2) is 6.33. The molecule has 0 unspecified atom stereocenters. The summed E-state index contributed by atoms with van der Waals surface area (Å²) in [4.78, 5) is 16.7. The van der Waals surface area contributed by atoms with E-state index < -0.39 is 0 Å². The van der Waals surface area contributed by atoms with Crippen molar-refractivity contribution in [2.75, 3.05) is 13.7 Å². The van der Waals surface area contributed by atoms with Gasteiger partial charge in [-0.15, -0.1) is 11.3 Å². The summed E-state index contributed by atoms with van der Waals surface area (Å²) in [6.45, 7) is 4.98. The van der Waals surface area contributed by atoms with Gasteiger partial charge in [-0.05, 0) is 37.8 Å². The standard InChI is InChI=1S/C18H23N3O2S/c1-12-3-6-17(24-12)18(22)20-8-7-16-14(10-20)15(11-23-2)19-21(16)9-13-4-5-13/h3,6,13H,4-5,7-11H2,1-2H3. The monoisotopic (exact) mass is 345 g/mol. The van der Waals surface area contributed by atoms with Crippen LogP contribution in [0, 0.1) is 12.8 Å². The molecule has 1 saturated carbocycles. The summed E-state index contributed by atoms with van der Waals surface area (Å²) in [6.07, 6.45) is 3.52. The first kappa shape index (κ1) is 15.8. The number of thiophene rings is 1. The van der Waals surface area contributed by atoms with E-state index in [1.165, 1.54) is 29.0 Å². The number of carbonyl (C=O) groups excluding carboxylic acids is 1. The number of hydrogen-bond acceptors (Lipinski definition) is 4. The van der Waals surface area contributed by atoms with E-state index in [2.05, 4.69) is 4.68 Å². The Balaban J connectivity index is 1.58. The molecule has 2 aromatic heterocycles. The molecule has 4 rings (SSSR count). The second-order valence-electron chi connectivity index (χ2n) is 6.82. The zero-order chi connectivity index (χ0) is 16.7.